The number of hydrogen-bond donors (Lipinski definition) is 2. The summed E-state index contributed by atoms with van der Waals surface area (Å²) in [5.41, 5.74) is -0.281. The Bertz CT molecular complexity index is 454. The second-order valence-corrected chi connectivity index (χ2v) is 5.31. The molecule has 0 bridgehead atoms. The molecule has 18 heavy (non-hydrogen) atoms. The van der Waals surface area contributed by atoms with Crippen molar-refractivity contribution in [1.82, 2.24) is 5.32 Å². The van der Waals surface area contributed by atoms with E-state index in [0.717, 1.165) is 25.0 Å². The summed E-state index contributed by atoms with van der Waals surface area (Å²) in [6, 6.07) is 1.84. The van der Waals surface area contributed by atoms with E-state index in [-0.39, 0.29) is 17.6 Å². The Kier molecular flexibility index (Phi) is 3.85. The molecular formula is C12H13BrF2N2O. The van der Waals surface area contributed by atoms with Crippen molar-refractivity contribution in [2.75, 3.05) is 5.32 Å². The number of carbonyl (C=O) groups is 1. The predicted octanol–water partition coefficient (Wildman–Crippen LogP) is 2.81. The molecule has 1 aliphatic carbocycles. The van der Waals surface area contributed by atoms with E-state index in [1.165, 1.54) is 0 Å². The molecule has 1 atom stereocenters. The van der Waals surface area contributed by atoms with Crippen LogP contribution < -0.4 is 10.6 Å². The Labute approximate surface area is 112 Å². The molecule has 3 nitrogen and oxygen atoms in total. The zero-order valence-corrected chi connectivity index (χ0v) is 11.4. The van der Waals surface area contributed by atoms with E-state index in [9.17, 15) is 13.6 Å². The van der Waals surface area contributed by atoms with Gasteiger partial charge in [0.15, 0.2) is 0 Å². The summed E-state index contributed by atoms with van der Waals surface area (Å²) in [6.07, 6.45) is 1.94. The quantitative estimate of drug-likeness (QED) is 0.896. The maximum atomic E-state index is 13.5. The molecule has 2 N–H and O–H groups in total. The summed E-state index contributed by atoms with van der Waals surface area (Å²) in [6.45, 7) is 1.57. The van der Waals surface area contributed by atoms with Crippen LogP contribution in [0.1, 0.15) is 19.8 Å². The first-order chi connectivity index (χ1) is 8.47. The second kappa shape index (κ2) is 5.22. The lowest BCUT2D eigenvalue weighted by Gasteiger charge is -2.16. The first kappa shape index (κ1) is 13.3. The zero-order valence-electron chi connectivity index (χ0n) is 9.77. The number of amides is 1. The molecule has 0 heterocycles. The molecule has 2 rings (SSSR count). The smallest absolute Gasteiger partial charge is 0.242 e. The van der Waals surface area contributed by atoms with Gasteiger partial charge in [0.2, 0.25) is 5.91 Å². The monoisotopic (exact) mass is 318 g/mol. The number of nitrogens with one attached hydrogen (secondary N) is 2. The third-order valence-corrected chi connectivity index (χ3v) is 3.14. The average Bonchev–Trinajstić information content (AvgIpc) is 3.06. The Balaban J connectivity index is 2.05. The van der Waals surface area contributed by atoms with Crippen LogP contribution in [0.5, 0.6) is 0 Å². The molecule has 0 spiro atoms. The number of carbonyl (C=O) groups excluding carboxylic acids is 1. The van der Waals surface area contributed by atoms with Gasteiger partial charge >= 0.3 is 0 Å². The molecule has 1 saturated carbocycles. The van der Waals surface area contributed by atoms with Crippen molar-refractivity contribution in [3.8, 4) is 0 Å². The second-order valence-electron chi connectivity index (χ2n) is 4.39. The van der Waals surface area contributed by atoms with Crippen LogP contribution in [0.3, 0.4) is 0 Å². The highest BCUT2D eigenvalue weighted by Crippen LogP contribution is 2.24. The summed E-state index contributed by atoms with van der Waals surface area (Å²) in [7, 11) is 0. The lowest BCUT2D eigenvalue weighted by molar-refractivity contribution is -0.121. The van der Waals surface area contributed by atoms with Gasteiger partial charge in [0.25, 0.3) is 0 Å². The molecule has 98 valence electrons. The predicted molar refractivity (Wildman–Crippen MR) is 68.3 cm³/mol. The molecule has 1 unspecified atom stereocenters. The lowest BCUT2D eigenvalue weighted by Crippen LogP contribution is -2.39. The Morgan fingerprint density at radius 2 is 1.94 bits per heavy atom. The Morgan fingerprint density at radius 1 is 1.39 bits per heavy atom. The minimum atomic E-state index is -0.729. The van der Waals surface area contributed by atoms with Crippen molar-refractivity contribution >= 4 is 27.5 Å². The first-order valence-electron chi connectivity index (χ1n) is 5.69. The number of rotatable bonds is 4. The third-order valence-electron chi connectivity index (χ3n) is 2.68. The fourth-order valence-electron chi connectivity index (χ4n) is 1.52. The molecule has 6 heteroatoms. The van der Waals surface area contributed by atoms with Crippen LogP contribution in [0.15, 0.2) is 16.6 Å². The van der Waals surface area contributed by atoms with E-state index in [1.54, 1.807) is 6.92 Å². The fourth-order valence-corrected chi connectivity index (χ4v) is 1.92. The van der Waals surface area contributed by atoms with Crippen molar-refractivity contribution in [2.24, 2.45) is 0 Å². The SMILES string of the molecule is CC(Nc1c(F)cc(Br)cc1F)C(=O)NC1CC1. The topological polar surface area (TPSA) is 41.1 Å². The Morgan fingerprint density at radius 3 is 2.44 bits per heavy atom. The van der Waals surface area contributed by atoms with Crippen LogP contribution in [-0.4, -0.2) is 18.0 Å². The van der Waals surface area contributed by atoms with Crippen LogP contribution in [0.2, 0.25) is 0 Å². The van der Waals surface area contributed by atoms with Crippen LogP contribution in [-0.2, 0) is 4.79 Å². The van der Waals surface area contributed by atoms with Gasteiger partial charge < -0.3 is 10.6 Å². The number of halogens is 3. The lowest BCUT2D eigenvalue weighted by atomic mass is 10.2. The van der Waals surface area contributed by atoms with E-state index in [1.807, 2.05) is 0 Å². The van der Waals surface area contributed by atoms with Gasteiger partial charge in [-0.1, -0.05) is 15.9 Å². The highest BCUT2D eigenvalue weighted by Gasteiger charge is 2.26. The molecule has 0 aliphatic heterocycles. The Hall–Kier alpha value is -1.17. The van der Waals surface area contributed by atoms with Gasteiger partial charge in [-0.3, -0.25) is 4.79 Å². The standard InChI is InChI=1S/C12H13BrF2N2O/c1-6(12(18)17-8-2-3-8)16-11-9(14)4-7(13)5-10(11)15/h4-6,8,16H,2-3H2,1H3,(H,17,18). The van der Waals surface area contributed by atoms with Crippen molar-refractivity contribution in [3.05, 3.63) is 28.2 Å². The molecule has 0 radical (unpaired) electrons. The minimum Gasteiger partial charge on any atom is -0.369 e. The highest BCUT2D eigenvalue weighted by molar-refractivity contribution is 9.10. The average molecular weight is 319 g/mol. The van der Waals surface area contributed by atoms with Gasteiger partial charge in [-0.2, -0.15) is 0 Å². The molecular weight excluding hydrogens is 306 g/mol. The zero-order chi connectivity index (χ0) is 13.3. The van der Waals surface area contributed by atoms with Gasteiger partial charge in [0, 0.05) is 10.5 Å². The molecule has 1 aromatic carbocycles. The van der Waals surface area contributed by atoms with Crippen molar-refractivity contribution in [2.45, 2.75) is 31.8 Å². The molecule has 0 saturated heterocycles. The van der Waals surface area contributed by atoms with Crippen LogP contribution in [0, 0.1) is 11.6 Å². The summed E-state index contributed by atoms with van der Waals surface area (Å²) >= 11 is 3.00. The van der Waals surface area contributed by atoms with Crippen molar-refractivity contribution < 1.29 is 13.6 Å². The molecule has 1 fully saturated rings. The van der Waals surface area contributed by atoms with E-state index in [2.05, 4.69) is 26.6 Å². The maximum Gasteiger partial charge on any atom is 0.242 e. The van der Waals surface area contributed by atoms with Crippen LogP contribution in [0.25, 0.3) is 0 Å². The minimum absolute atomic E-state index is 0.223. The summed E-state index contributed by atoms with van der Waals surface area (Å²) in [5, 5.41) is 5.32. The molecule has 1 amide bonds. The van der Waals surface area contributed by atoms with Crippen LogP contribution in [0.4, 0.5) is 14.5 Å². The maximum absolute atomic E-state index is 13.5. The molecule has 1 aliphatic rings. The highest BCUT2D eigenvalue weighted by atomic mass is 79.9. The van der Waals surface area contributed by atoms with E-state index >= 15 is 0 Å². The van der Waals surface area contributed by atoms with Gasteiger partial charge in [0.05, 0.1) is 0 Å². The van der Waals surface area contributed by atoms with Crippen molar-refractivity contribution in [1.29, 1.82) is 0 Å². The summed E-state index contributed by atoms with van der Waals surface area (Å²) in [4.78, 5) is 11.7. The number of hydrogen-bond acceptors (Lipinski definition) is 2. The van der Waals surface area contributed by atoms with Gasteiger partial charge in [-0.25, -0.2) is 8.78 Å². The van der Waals surface area contributed by atoms with Crippen LogP contribution >= 0.6 is 15.9 Å². The first-order valence-corrected chi connectivity index (χ1v) is 6.48. The molecule has 0 aromatic heterocycles. The largest absolute Gasteiger partial charge is 0.369 e. The number of anilines is 1. The number of benzene rings is 1. The van der Waals surface area contributed by atoms with E-state index < -0.39 is 17.7 Å². The van der Waals surface area contributed by atoms with Crippen molar-refractivity contribution in [3.63, 3.8) is 0 Å². The normalized spacial score (nSPS) is 16.2. The molecule has 1 aromatic rings. The van der Waals surface area contributed by atoms with Gasteiger partial charge in [-0.05, 0) is 31.9 Å². The summed E-state index contributed by atoms with van der Waals surface area (Å²) in [5.74, 6) is -1.71. The van der Waals surface area contributed by atoms with E-state index in [0.29, 0.717) is 4.47 Å². The van der Waals surface area contributed by atoms with E-state index in [4.69, 9.17) is 0 Å². The van der Waals surface area contributed by atoms with Gasteiger partial charge in [-0.15, -0.1) is 0 Å². The third kappa shape index (κ3) is 3.19. The van der Waals surface area contributed by atoms with Gasteiger partial charge in [0.1, 0.15) is 23.4 Å². The summed E-state index contributed by atoms with van der Waals surface area (Å²) < 4.78 is 27.4. The fraction of sp³-hybridized carbons (Fsp3) is 0.417.